The number of aromatic nitrogens is 2. The number of nitrogens with zero attached hydrogens (tertiary/aromatic N) is 3. The summed E-state index contributed by atoms with van der Waals surface area (Å²) in [6, 6.07) is 9.26. The van der Waals surface area contributed by atoms with E-state index in [1.54, 1.807) is 27.0 Å². The lowest BCUT2D eigenvalue weighted by molar-refractivity contribution is -0.141. The molecule has 1 saturated heterocycles. The minimum absolute atomic E-state index is 0.0156. The molecule has 3 aromatic rings. The van der Waals surface area contributed by atoms with E-state index in [2.05, 4.69) is 20.3 Å². The Hall–Kier alpha value is -4.79. The first-order chi connectivity index (χ1) is 25.2. The number of alkyl carbamates (subject to hydrolysis) is 1. The fourth-order valence-electron chi connectivity index (χ4n) is 7.30. The highest BCUT2D eigenvalue weighted by molar-refractivity contribution is 7.91. The van der Waals surface area contributed by atoms with Crippen LogP contribution in [0.3, 0.4) is 0 Å². The smallest absolute Gasteiger partial charge is 0.408 e. The summed E-state index contributed by atoms with van der Waals surface area (Å²) in [4.78, 5) is 66.1. The lowest BCUT2D eigenvalue weighted by Crippen LogP contribution is -2.58. The Bertz CT molecular complexity index is 2080. The van der Waals surface area contributed by atoms with E-state index in [4.69, 9.17) is 14.5 Å². The number of sulfonamides is 1. The molecule has 14 nitrogen and oxygen atoms in total. The molecule has 53 heavy (non-hydrogen) atoms. The summed E-state index contributed by atoms with van der Waals surface area (Å²) in [6.07, 6.45) is 8.40. The normalized spacial score (nSPS) is 27.4. The zero-order valence-corrected chi connectivity index (χ0v) is 31.0. The van der Waals surface area contributed by atoms with Gasteiger partial charge in [-0.2, -0.15) is 4.98 Å². The zero-order chi connectivity index (χ0) is 37.5. The summed E-state index contributed by atoms with van der Waals surface area (Å²) in [5, 5.41) is 7.47. The van der Waals surface area contributed by atoms with Gasteiger partial charge < -0.3 is 25.0 Å². The second-order valence-electron chi connectivity index (χ2n) is 15.5. The maximum atomic E-state index is 14.5. The molecule has 15 heteroatoms. The maximum Gasteiger partial charge on any atom is 0.408 e. The Kier molecular flexibility index (Phi) is 9.81. The molecule has 4 amide bonds. The van der Waals surface area contributed by atoms with Crippen LogP contribution in [-0.4, -0.2) is 88.2 Å². The number of carbonyl (C=O) groups is 4. The lowest BCUT2D eigenvalue weighted by Gasteiger charge is -2.30. The molecule has 4 heterocycles. The number of hydrogen-bond donors (Lipinski definition) is 3. The van der Waals surface area contributed by atoms with Crippen molar-refractivity contribution in [2.75, 3.05) is 6.54 Å². The molecule has 2 aliphatic heterocycles. The maximum absolute atomic E-state index is 14.5. The number of benzene rings is 1. The summed E-state index contributed by atoms with van der Waals surface area (Å²) in [6.45, 7) is 5.18. The number of amides is 4. The van der Waals surface area contributed by atoms with Gasteiger partial charge >= 0.3 is 6.09 Å². The van der Waals surface area contributed by atoms with E-state index in [1.165, 1.54) is 4.90 Å². The topological polar surface area (TPSA) is 186 Å². The van der Waals surface area contributed by atoms with Crippen molar-refractivity contribution in [3.63, 3.8) is 0 Å². The molecular weight excluding hydrogens is 701 g/mol. The predicted octanol–water partition coefficient (Wildman–Crippen LogP) is 4.03. The molecule has 0 bridgehead atoms. The number of carbonyl (C=O) groups excluding carboxylic acids is 4. The molecule has 1 aromatic carbocycles. The van der Waals surface area contributed by atoms with Crippen LogP contribution in [0.25, 0.3) is 21.8 Å². The van der Waals surface area contributed by atoms with E-state index < -0.39 is 74.3 Å². The average Bonchev–Trinajstić information content (AvgIpc) is 4.03. The van der Waals surface area contributed by atoms with Crippen LogP contribution < -0.4 is 20.1 Å². The van der Waals surface area contributed by atoms with Gasteiger partial charge in [0.15, 0.2) is 5.65 Å². The number of ether oxygens (including phenoxy) is 2. The fourth-order valence-corrected chi connectivity index (χ4v) is 8.67. The minimum atomic E-state index is -3.89. The molecule has 282 valence electrons. The lowest BCUT2D eigenvalue weighted by atomic mass is 10.0. The van der Waals surface area contributed by atoms with Crippen molar-refractivity contribution in [2.24, 2.45) is 5.92 Å². The van der Waals surface area contributed by atoms with E-state index in [0.29, 0.717) is 43.6 Å². The second-order valence-corrected chi connectivity index (χ2v) is 17.5. The van der Waals surface area contributed by atoms with E-state index in [0.717, 1.165) is 29.0 Å². The molecule has 5 atom stereocenters. The Morgan fingerprint density at radius 3 is 2.51 bits per heavy atom. The van der Waals surface area contributed by atoms with Crippen LogP contribution in [-0.2, 0) is 29.1 Å². The molecule has 4 aliphatic rings. The Labute approximate surface area is 308 Å². The van der Waals surface area contributed by atoms with Crippen LogP contribution in [0.2, 0.25) is 0 Å². The first-order valence-corrected chi connectivity index (χ1v) is 19.9. The molecule has 7 rings (SSSR count). The minimum Gasteiger partial charge on any atom is -0.472 e. The third-order valence-corrected chi connectivity index (χ3v) is 12.1. The molecule has 2 saturated carbocycles. The quantitative estimate of drug-likeness (QED) is 0.246. The van der Waals surface area contributed by atoms with Crippen LogP contribution in [0.4, 0.5) is 4.79 Å². The van der Waals surface area contributed by atoms with Gasteiger partial charge in [0.1, 0.15) is 29.3 Å². The van der Waals surface area contributed by atoms with Gasteiger partial charge in [0.2, 0.25) is 27.7 Å². The van der Waals surface area contributed by atoms with Crippen LogP contribution in [0.1, 0.15) is 78.6 Å². The van der Waals surface area contributed by atoms with E-state index >= 15 is 0 Å². The van der Waals surface area contributed by atoms with E-state index in [9.17, 15) is 27.6 Å². The number of pyridine rings is 2. The summed E-state index contributed by atoms with van der Waals surface area (Å²) in [5.41, 5.74) is -1.83. The van der Waals surface area contributed by atoms with Crippen molar-refractivity contribution in [1.82, 2.24) is 30.2 Å². The SMILES string of the molecule is CC(C)(C)OC(=O)NC1CCCCC/C=C\[C@@H]2C[C@@]2(C(=O)NS(=O)(=O)C2CC2)NC(=O)[C@@H]2C[C@@H](Oc3nc4ncccc4c4ccccc34)CN2C1=O. The number of fused-ring (bicyclic) bond motifs is 5. The molecule has 2 aliphatic carbocycles. The highest BCUT2D eigenvalue weighted by atomic mass is 32.2. The highest BCUT2D eigenvalue weighted by Gasteiger charge is 2.62. The largest absolute Gasteiger partial charge is 0.472 e. The fraction of sp³-hybridized carbons (Fsp3) is 0.526. The molecule has 3 N–H and O–H groups in total. The molecule has 0 radical (unpaired) electrons. The zero-order valence-electron chi connectivity index (χ0n) is 30.2. The van der Waals surface area contributed by atoms with Crippen molar-refractivity contribution in [3.05, 3.63) is 54.7 Å². The van der Waals surface area contributed by atoms with Crippen LogP contribution >= 0.6 is 0 Å². The van der Waals surface area contributed by atoms with Crippen molar-refractivity contribution >= 4 is 55.6 Å². The Balaban J connectivity index is 1.21. The standard InChI is InChI=1S/C38H46N6O8S/c1-37(2,3)52-36(48)40-29-16-8-6-4-5-7-12-23-21-38(23,35(47)43-53(49,50)25-17-18-25)42-32(45)30-20-24(22-44(30)34(29)46)51-33-28-14-10-9-13-26(28)27-15-11-19-39-31(27)41-33/h7,9-15,19,23-25,29-30H,4-6,8,16-18,20-22H2,1-3H3,(H,40,48)(H,42,45)(H,43,47)/b12-7-/t23-,24-,29?,30+,38-/m1/s1. The predicted molar refractivity (Wildman–Crippen MR) is 196 cm³/mol. The van der Waals surface area contributed by atoms with Gasteiger partial charge in [-0.15, -0.1) is 0 Å². The Morgan fingerprint density at radius 1 is 1.00 bits per heavy atom. The number of nitrogens with one attached hydrogen (secondary N) is 3. The first kappa shape index (κ1) is 36.6. The number of rotatable bonds is 6. The van der Waals surface area contributed by atoms with E-state index in [-0.39, 0.29) is 19.4 Å². The summed E-state index contributed by atoms with van der Waals surface area (Å²) in [7, 11) is -3.89. The first-order valence-electron chi connectivity index (χ1n) is 18.4. The van der Waals surface area contributed by atoms with Crippen molar-refractivity contribution < 1.29 is 37.1 Å². The van der Waals surface area contributed by atoms with Gasteiger partial charge in [0.25, 0.3) is 5.91 Å². The monoisotopic (exact) mass is 746 g/mol. The Morgan fingerprint density at radius 2 is 1.75 bits per heavy atom. The third kappa shape index (κ3) is 7.94. The molecule has 2 aromatic heterocycles. The summed E-state index contributed by atoms with van der Waals surface area (Å²) in [5.74, 6) is -2.03. The van der Waals surface area contributed by atoms with Gasteiger partial charge in [-0.1, -0.05) is 43.2 Å². The van der Waals surface area contributed by atoms with Gasteiger partial charge in [0, 0.05) is 29.3 Å². The summed E-state index contributed by atoms with van der Waals surface area (Å²) < 4.78 is 39.9. The number of hydrogen-bond acceptors (Lipinski definition) is 10. The number of allylic oxidation sites excluding steroid dienone is 1. The molecular formula is C38H46N6O8S. The van der Waals surface area contributed by atoms with Crippen LogP contribution in [0, 0.1) is 5.92 Å². The molecule has 3 fully saturated rings. The molecule has 1 unspecified atom stereocenters. The van der Waals surface area contributed by atoms with Crippen molar-refractivity contribution in [2.45, 2.75) is 113 Å². The van der Waals surface area contributed by atoms with Crippen LogP contribution in [0.15, 0.2) is 54.7 Å². The van der Waals surface area contributed by atoms with Gasteiger partial charge in [-0.3, -0.25) is 19.1 Å². The van der Waals surface area contributed by atoms with Crippen molar-refractivity contribution in [3.8, 4) is 5.88 Å². The van der Waals surface area contributed by atoms with Crippen molar-refractivity contribution in [1.29, 1.82) is 0 Å². The van der Waals surface area contributed by atoms with Crippen LogP contribution in [0.5, 0.6) is 5.88 Å². The van der Waals surface area contributed by atoms with Gasteiger partial charge in [-0.25, -0.2) is 18.2 Å². The third-order valence-electron chi connectivity index (χ3n) is 10.3. The average molecular weight is 747 g/mol. The van der Waals surface area contributed by atoms with Gasteiger partial charge in [-0.05, 0) is 82.9 Å². The molecule has 0 spiro atoms. The summed E-state index contributed by atoms with van der Waals surface area (Å²) >= 11 is 0. The van der Waals surface area contributed by atoms with E-state index in [1.807, 2.05) is 48.6 Å². The highest BCUT2D eigenvalue weighted by Crippen LogP contribution is 2.46. The second kappa shape index (κ2) is 14.2. The van der Waals surface area contributed by atoms with Gasteiger partial charge in [0.05, 0.1) is 11.8 Å².